The van der Waals surface area contributed by atoms with E-state index in [0.29, 0.717) is 5.82 Å². The molecule has 1 atom stereocenters. The topological polar surface area (TPSA) is 64.1 Å². The molecule has 0 aliphatic carbocycles. The van der Waals surface area contributed by atoms with E-state index in [1.54, 1.807) is 13.1 Å². The van der Waals surface area contributed by atoms with E-state index in [2.05, 4.69) is 20.3 Å². The number of carbonyl (C=O) groups excluding carboxylic acids is 1. The normalized spacial score (nSPS) is 11.9. The minimum Gasteiger partial charge on any atom is -0.467 e. The number of aryl methyl sites for hydroxylation is 1. The van der Waals surface area contributed by atoms with Gasteiger partial charge in [-0.3, -0.25) is 0 Å². The Labute approximate surface area is 82.5 Å². The largest absolute Gasteiger partial charge is 0.467 e. The number of methoxy groups -OCH3 is 1. The molecular formula is C9H13N3O2. The summed E-state index contributed by atoms with van der Waals surface area (Å²) in [6.07, 6.45) is 1.65. The first kappa shape index (κ1) is 10.4. The molecule has 0 amide bonds. The van der Waals surface area contributed by atoms with Crippen molar-refractivity contribution in [3.8, 4) is 0 Å². The van der Waals surface area contributed by atoms with Gasteiger partial charge in [-0.05, 0) is 25.5 Å². The van der Waals surface area contributed by atoms with Gasteiger partial charge >= 0.3 is 5.97 Å². The number of aromatic nitrogens is 2. The van der Waals surface area contributed by atoms with Gasteiger partial charge in [0.05, 0.1) is 13.3 Å². The molecule has 1 unspecified atom stereocenters. The summed E-state index contributed by atoms with van der Waals surface area (Å²) in [6, 6.07) is 1.39. The zero-order chi connectivity index (χ0) is 10.6. The molecule has 0 spiro atoms. The summed E-state index contributed by atoms with van der Waals surface area (Å²) in [4.78, 5) is 11.1. The Morgan fingerprint density at radius 2 is 2.36 bits per heavy atom. The first-order valence-corrected chi connectivity index (χ1v) is 4.27. The van der Waals surface area contributed by atoms with Crippen molar-refractivity contribution >= 4 is 11.8 Å². The lowest BCUT2D eigenvalue weighted by atomic mass is 10.3. The van der Waals surface area contributed by atoms with Crippen molar-refractivity contribution in [1.82, 2.24) is 10.2 Å². The Kier molecular flexibility index (Phi) is 3.39. The summed E-state index contributed by atoms with van der Waals surface area (Å²) < 4.78 is 4.56. The molecule has 1 aromatic rings. The number of anilines is 1. The maximum absolute atomic E-state index is 11.1. The molecule has 0 saturated heterocycles. The third kappa shape index (κ3) is 2.69. The van der Waals surface area contributed by atoms with Crippen molar-refractivity contribution in [1.29, 1.82) is 0 Å². The van der Waals surface area contributed by atoms with Crippen LogP contribution in [0.3, 0.4) is 0 Å². The van der Waals surface area contributed by atoms with Gasteiger partial charge in [0.2, 0.25) is 0 Å². The van der Waals surface area contributed by atoms with Crippen LogP contribution in [0.1, 0.15) is 12.5 Å². The predicted octanol–water partition coefficient (Wildman–Crippen LogP) is 0.758. The Balaban J connectivity index is 2.64. The fourth-order valence-corrected chi connectivity index (χ4v) is 0.992. The first-order chi connectivity index (χ1) is 6.63. The van der Waals surface area contributed by atoms with E-state index in [-0.39, 0.29) is 5.97 Å². The summed E-state index contributed by atoms with van der Waals surface area (Å²) in [5.74, 6) is 0.246. The Hall–Kier alpha value is -1.65. The molecule has 0 aliphatic heterocycles. The highest BCUT2D eigenvalue weighted by Crippen LogP contribution is 2.05. The van der Waals surface area contributed by atoms with E-state index in [9.17, 15) is 4.79 Å². The van der Waals surface area contributed by atoms with E-state index in [4.69, 9.17) is 0 Å². The molecule has 1 N–H and O–H groups in total. The van der Waals surface area contributed by atoms with E-state index >= 15 is 0 Å². The third-order valence-electron chi connectivity index (χ3n) is 1.71. The number of ether oxygens (including phenoxy) is 1. The van der Waals surface area contributed by atoms with Crippen LogP contribution in [-0.2, 0) is 9.53 Å². The molecule has 14 heavy (non-hydrogen) atoms. The number of nitrogens with zero attached hydrogens (tertiary/aromatic N) is 2. The van der Waals surface area contributed by atoms with Crippen LogP contribution in [0.5, 0.6) is 0 Å². The van der Waals surface area contributed by atoms with Crippen molar-refractivity contribution in [2.75, 3.05) is 12.4 Å². The maximum atomic E-state index is 11.1. The smallest absolute Gasteiger partial charge is 0.328 e. The van der Waals surface area contributed by atoms with Crippen LogP contribution < -0.4 is 5.32 Å². The zero-order valence-electron chi connectivity index (χ0n) is 8.44. The van der Waals surface area contributed by atoms with Gasteiger partial charge < -0.3 is 10.1 Å². The number of esters is 1. The molecule has 0 radical (unpaired) electrons. The number of rotatable bonds is 3. The molecule has 0 fully saturated rings. The van der Waals surface area contributed by atoms with Gasteiger partial charge in [-0.25, -0.2) is 4.79 Å². The van der Waals surface area contributed by atoms with Crippen molar-refractivity contribution in [2.24, 2.45) is 0 Å². The van der Waals surface area contributed by atoms with Gasteiger partial charge in [0.15, 0.2) is 0 Å². The van der Waals surface area contributed by atoms with Gasteiger partial charge in [0, 0.05) is 0 Å². The molecule has 76 valence electrons. The first-order valence-electron chi connectivity index (χ1n) is 4.27. The minimum atomic E-state index is -0.420. The number of hydrogen-bond donors (Lipinski definition) is 1. The predicted molar refractivity (Wildman–Crippen MR) is 51.9 cm³/mol. The number of hydrogen-bond acceptors (Lipinski definition) is 5. The zero-order valence-corrected chi connectivity index (χ0v) is 8.44. The average molecular weight is 195 g/mol. The van der Waals surface area contributed by atoms with Crippen LogP contribution >= 0.6 is 0 Å². The quantitative estimate of drug-likeness (QED) is 0.721. The SMILES string of the molecule is COC(=O)C(C)Nc1cc(C)cnn1. The second kappa shape index (κ2) is 4.55. The molecule has 5 heteroatoms. The fourth-order valence-electron chi connectivity index (χ4n) is 0.992. The highest BCUT2D eigenvalue weighted by molar-refractivity contribution is 5.78. The van der Waals surface area contributed by atoms with Crippen molar-refractivity contribution in [3.05, 3.63) is 17.8 Å². The van der Waals surface area contributed by atoms with Crippen LogP contribution in [0.4, 0.5) is 5.82 Å². The van der Waals surface area contributed by atoms with Gasteiger partial charge in [-0.1, -0.05) is 0 Å². The van der Waals surface area contributed by atoms with Gasteiger partial charge in [-0.15, -0.1) is 5.10 Å². The summed E-state index contributed by atoms with van der Waals surface area (Å²) >= 11 is 0. The molecule has 0 saturated carbocycles. The third-order valence-corrected chi connectivity index (χ3v) is 1.71. The van der Waals surface area contributed by atoms with Crippen molar-refractivity contribution in [2.45, 2.75) is 19.9 Å². The monoisotopic (exact) mass is 195 g/mol. The van der Waals surface area contributed by atoms with Crippen LogP contribution in [0.25, 0.3) is 0 Å². The minimum absolute atomic E-state index is 0.326. The highest BCUT2D eigenvalue weighted by atomic mass is 16.5. The van der Waals surface area contributed by atoms with Crippen molar-refractivity contribution < 1.29 is 9.53 Å². The van der Waals surface area contributed by atoms with Crippen molar-refractivity contribution in [3.63, 3.8) is 0 Å². The summed E-state index contributed by atoms with van der Waals surface area (Å²) in [5, 5.41) is 10.5. The maximum Gasteiger partial charge on any atom is 0.328 e. The standard InChI is InChI=1S/C9H13N3O2/c1-6-4-8(12-10-5-6)11-7(2)9(13)14-3/h4-5,7H,1-3H3,(H,11,12). The highest BCUT2D eigenvalue weighted by Gasteiger charge is 2.12. The lowest BCUT2D eigenvalue weighted by Gasteiger charge is -2.11. The molecule has 5 nitrogen and oxygen atoms in total. The molecule has 0 aromatic carbocycles. The second-order valence-electron chi connectivity index (χ2n) is 3.01. The molecule has 1 heterocycles. The Morgan fingerprint density at radius 1 is 1.64 bits per heavy atom. The number of nitrogens with one attached hydrogen (secondary N) is 1. The summed E-state index contributed by atoms with van der Waals surface area (Å²) in [6.45, 7) is 3.61. The summed E-state index contributed by atoms with van der Waals surface area (Å²) in [7, 11) is 1.35. The van der Waals surface area contributed by atoms with Crippen LogP contribution in [-0.4, -0.2) is 29.3 Å². The Bertz CT molecular complexity index is 328. The molecule has 1 aromatic heterocycles. The van der Waals surface area contributed by atoms with Gasteiger partial charge in [-0.2, -0.15) is 5.10 Å². The van der Waals surface area contributed by atoms with E-state index in [1.165, 1.54) is 7.11 Å². The second-order valence-corrected chi connectivity index (χ2v) is 3.01. The van der Waals surface area contributed by atoms with E-state index in [1.807, 2.05) is 13.0 Å². The summed E-state index contributed by atoms with van der Waals surface area (Å²) in [5.41, 5.74) is 0.986. The number of carbonyl (C=O) groups is 1. The molecular weight excluding hydrogens is 182 g/mol. The van der Waals surface area contributed by atoms with Crippen LogP contribution in [0.2, 0.25) is 0 Å². The molecule has 0 bridgehead atoms. The van der Waals surface area contributed by atoms with Crippen LogP contribution in [0.15, 0.2) is 12.3 Å². The molecule has 1 rings (SSSR count). The molecule has 0 aliphatic rings. The van der Waals surface area contributed by atoms with Gasteiger partial charge in [0.25, 0.3) is 0 Å². The average Bonchev–Trinajstić information content (AvgIpc) is 2.16. The van der Waals surface area contributed by atoms with Crippen LogP contribution in [0, 0.1) is 6.92 Å². The van der Waals surface area contributed by atoms with Gasteiger partial charge in [0.1, 0.15) is 11.9 Å². The van der Waals surface area contributed by atoms with E-state index < -0.39 is 6.04 Å². The lowest BCUT2D eigenvalue weighted by Crippen LogP contribution is -2.27. The lowest BCUT2D eigenvalue weighted by molar-refractivity contribution is -0.141. The van der Waals surface area contributed by atoms with E-state index in [0.717, 1.165) is 5.56 Å². The Morgan fingerprint density at radius 3 is 2.93 bits per heavy atom. The fraction of sp³-hybridized carbons (Fsp3) is 0.444.